The quantitative estimate of drug-likeness (QED) is 0.497. The first kappa shape index (κ1) is 8.74. The van der Waals surface area contributed by atoms with Crippen LogP contribution in [0, 0.1) is 10.1 Å². The molecular formula is C8H8N2O4. The smallest absolute Gasteiger partial charge is 0.291 e. The van der Waals surface area contributed by atoms with Gasteiger partial charge in [0.2, 0.25) is 0 Å². The summed E-state index contributed by atoms with van der Waals surface area (Å²) in [7, 11) is 0. The van der Waals surface area contributed by atoms with Crippen molar-refractivity contribution in [2.75, 3.05) is 6.61 Å². The summed E-state index contributed by atoms with van der Waals surface area (Å²) in [5, 5.41) is 10.4. The first-order valence-electron chi connectivity index (χ1n) is 4.10. The van der Waals surface area contributed by atoms with Gasteiger partial charge in [-0.05, 0) is 6.92 Å². The van der Waals surface area contributed by atoms with Crippen molar-refractivity contribution >= 4 is 5.69 Å². The van der Waals surface area contributed by atoms with E-state index in [0.29, 0.717) is 18.2 Å². The molecule has 0 radical (unpaired) electrons. The Morgan fingerprint density at radius 1 is 1.71 bits per heavy atom. The molecule has 0 fully saturated rings. The highest BCUT2D eigenvalue weighted by Gasteiger charge is 2.21. The van der Waals surface area contributed by atoms with Crippen LogP contribution in [-0.2, 0) is 0 Å². The summed E-state index contributed by atoms with van der Waals surface area (Å²) in [4.78, 5) is 13.7. The van der Waals surface area contributed by atoms with E-state index in [4.69, 9.17) is 9.47 Å². The molecule has 0 amide bonds. The number of hydrogen-bond acceptors (Lipinski definition) is 5. The lowest BCUT2D eigenvalue weighted by Crippen LogP contribution is -2.26. The average molecular weight is 196 g/mol. The molecule has 0 saturated heterocycles. The van der Waals surface area contributed by atoms with Gasteiger partial charge in [0, 0.05) is 0 Å². The number of ether oxygens (including phenoxy) is 2. The molecule has 0 N–H and O–H groups in total. The predicted molar refractivity (Wildman–Crippen MR) is 46.5 cm³/mol. The maximum atomic E-state index is 10.4. The van der Waals surface area contributed by atoms with Gasteiger partial charge in [-0.3, -0.25) is 10.1 Å². The molecule has 0 bridgehead atoms. The Morgan fingerprint density at radius 3 is 3.21 bits per heavy atom. The number of hydrogen-bond donors (Lipinski definition) is 0. The summed E-state index contributed by atoms with van der Waals surface area (Å²) in [6.07, 6.45) is 1.05. The van der Waals surface area contributed by atoms with Gasteiger partial charge in [0.05, 0.1) is 11.0 Å². The lowest BCUT2D eigenvalue weighted by Gasteiger charge is -2.22. The minimum absolute atomic E-state index is 0.0959. The Bertz CT molecular complexity index is 380. The van der Waals surface area contributed by atoms with E-state index in [1.807, 2.05) is 6.92 Å². The largest absolute Gasteiger partial charge is 0.481 e. The van der Waals surface area contributed by atoms with Crippen molar-refractivity contribution in [3.8, 4) is 11.6 Å². The molecule has 2 rings (SSSR count). The van der Waals surface area contributed by atoms with Crippen molar-refractivity contribution in [2.45, 2.75) is 13.0 Å². The maximum Gasteiger partial charge on any atom is 0.291 e. The van der Waals surface area contributed by atoms with Crippen molar-refractivity contribution in [1.82, 2.24) is 4.98 Å². The van der Waals surface area contributed by atoms with Crippen LogP contribution < -0.4 is 9.47 Å². The predicted octanol–water partition coefficient (Wildman–Crippen LogP) is 1.15. The minimum Gasteiger partial charge on any atom is -0.481 e. The van der Waals surface area contributed by atoms with E-state index in [2.05, 4.69) is 4.98 Å². The average Bonchev–Trinajstić information content (AvgIpc) is 2.16. The third-order valence-electron chi connectivity index (χ3n) is 1.80. The molecular weight excluding hydrogens is 188 g/mol. The van der Waals surface area contributed by atoms with Crippen LogP contribution in [0.2, 0.25) is 0 Å². The Balaban J connectivity index is 2.37. The fourth-order valence-electron chi connectivity index (χ4n) is 1.16. The lowest BCUT2D eigenvalue weighted by atomic mass is 10.3. The zero-order valence-corrected chi connectivity index (χ0v) is 7.47. The van der Waals surface area contributed by atoms with Gasteiger partial charge < -0.3 is 9.47 Å². The number of aromatic nitrogens is 1. The molecule has 0 aliphatic carbocycles. The highest BCUT2D eigenvalue weighted by atomic mass is 16.6. The van der Waals surface area contributed by atoms with Crippen LogP contribution in [-0.4, -0.2) is 22.6 Å². The molecule has 14 heavy (non-hydrogen) atoms. The second-order valence-electron chi connectivity index (χ2n) is 2.99. The molecule has 0 unspecified atom stereocenters. The topological polar surface area (TPSA) is 74.5 Å². The van der Waals surface area contributed by atoms with Crippen LogP contribution in [0.1, 0.15) is 6.92 Å². The molecule has 1 aliphatic rings. The molecule has 1 aliphatic heterocycles. The molecule has 1 aromatic rings. The fourth-order valence-corrected chi connectivity index (χ4v) is 1.16. The van der Waals surface area contributed by atoms with Gasteiger partial charge in [0.15, 0.2) is 5.75 Å². The van der Waals surface area contributed by atoms with Crippen molar-refractivity contribution in [1.29, 1.82) is 0 Å². The van der Waals surface area contributed by atoms with E-state index in [1.54, 1.807) is 0 Å². The van der Waals surface area contributed by atoms with E-state index >= 15 is 0 Å². The fraction of sp³-hybridized carbons (Fsp3) is 0.375. The number of nitro groups is 1. The van der Waals surface area contributed by atoms with Crippen LogP contribution in [0.5, 0.6) is 11.6 Å². The van der Waals surface area contributed by atoms with Crippen LogP contribution in [0.25, 0.3) is 0 Å². The Hall–Kier alpha value is -1.85. The van der Waals surface area contributed by atoms with Crippen LogP contribution >= 0.6 is 0 Å². The van der Waals surface area contributed by atoms with E-state index in [9.17, 15) is 10.1 Å². The summed E-state index contributed by atoms with van der Waals surface area (Å²) in [6.45, 7) is 2.24. The Labute approximate surface area is 79.6 Å². The molecule has 0 aromatic carbocycles. The van der Waals surface area contributed by atoms with Gasteiger partial charge in [0.1, 0.15) is 18.9 Å². The monoisotopic (exact) mass is 196 g/mol. The van der Waals surface area contributed by atoms with Crippen molar-refractivity contribution < 1.29 is 14.4 Å². The highest BCUT2D eigenvalue weighted by molar-refractivity contribution is 5.43. The van der Waals surface area contributed by atoms with Crippen LogP contribution in [0.3, 0.4) is 0 Å². The highest BCUT2D eigenvalue weighted by Crippen LogP contribution is 2.32. The maximum absolute atomic E-state index is 10.4. The zero-order chi connectivity index (χ0) is 10.1. The number of pyridine rings is 1. The molecule has 1 aromatic heterocycles. The molecule has 0 saturated carbocycles. The standard InChI is InChI=1S/C8H8N2O4/c1-5-4-13-8-7(14-5)2-6(3-9-8)10(11)12/h2-3,5H,4H2,1H3/t5-/m1/s1. The molecule has 74 valence electrons. The molecule has 6 heteroatoms. The number of nitrogens with zero attached hydrogens (tertiary/aromatic N) is 2. The van der Waals surface area contributed by atoms with E-state index in [1.165, 1.54) is 6.07 Å². The summed E-state index contributed by atoms with van der Waals surface area (Å²) in [5.74, 6) is 0.645. The summed E-state index contributed by atoms with van der Waals surface area (Å²) >= 11 is 0. The van der Waals surface area contributed by atoms with Crippen molar-refractivity contribution in [2.24, 2.45) is 0 Å². The second-order valence-corrected chi connectivity index (χ2v) is 2.99. The van der Waals surface area contributed by atoms with E-state index in [0.717, 1.165) is 6.20 Å². The lowest BCUT2D eigenvalue weighted by molar-refractivity contribution is -0.385. The third-order valence-corrected chi connectivity index (χ3v) is 1.80. The van der Waals surface area contributed by atoms with Crippen LogP contribution in [0.15, 0.2) is 12.3 Å². The van der Waals surface area contributed by atoms with Crippen LogP contribution in [0.4, 0.5) is 5.69 Å². The SMILES string of the molecule is C[C@@H]1COc2ncc([N+](=O)[O-])cc2O1. The van der Waals surface area contributed by atoms with Gasteiger partial charge in [-0.1, -0.05) is 0 Å². The van der Waals surface area contributed by atoms with Gasteiger partial charge in [-0.25, -0.2) is 4.98 Å². The van der Waals surface area contributed by atoms with Crippen molar-refractivity contribution in [3.63, 3.8) is 0 Å². The number of rotatable bonds is 1. The van der Waals surface area contributed by atoms with Gasteiger partial charge in [0.25, 0.3) is 11.6 Å². The summed E-state index contributed by atoms with van der Waals surface area (Å²) in [5.41, 5.74) is -0.0959. The first-order valence-corrected chi connectivity index (χ1v) is 4.10. The second kappa shape index (κ2) is 3.13. The minimum atomic E-state index is -0.518. The van der Waals surface area contributed by atoms with Gasteiger partial charge in [-0.2, -0.15) is 0 Å². The zero-order valence-electron chi connectivity index (χ0n) is 7.47. The van der Waals surface area contributed by atoms with Gasteiger partial charge >= 0.3 is 0 Å². The number of fused-ring (bicyclic) bond motifs is 1. The third kappa shape index (κ3) is 1.46. The Kier molecular flexibility index (Phi) is 1.95. The molecule has 2 heterocycles. The summed E-state index contributed by atoms with van der Waals surface area (Å²) < 4.78 is 10.5. The van der Waals surface area contributed by atoms with E-state index < -0.39 is 4.92 Å². The molecule has 0 spiro atoms. The normalized spacial score (nSPS) is 19.1. The molecule has 6 nitrogen and oxygen atoms in total. The molecule has 1 atom stereocenters. The summed E-state index contributed by atoms with van der Waals surface area (Å²) in [6, 6.07) is 1.32. The van der Waals surface area contributed by atoms with Crippen molar-refractivity contribution in [3.05, 3.63) is 22.4 Å². The first-order chi connectivity index (χ1) is 6.66. The Morgan fingerprint density at radius 2 is 2.50 bits per heavy atom. The van der Waals surface area contributed by atoms with Gasteiger partial charge in [-0.15, -0.1) is 0 Å². The van der Waals surface area contributed by atoms with E-state index in [-0.39, 0.29) is 11.8 Å².